The molecule has 0 amide bonds. The quantitative estimate of drug-likeness (QED) is 0.778. The van der Waals surface area contributed by atoms with Crippen LogP contribution in [0.25, 0.3) is 0 Å². The van der Waals surface area contributed by atoms with E-state index in [2.05, 4.69) is 70.6 Å². The molecule has 2 heterocycles. The highest BCUT2D eigenvalue weighted by Gasteiger charge is 2.34. The lowest BCUT2D eigenvalue weighted by Gasteiger charge is -2.35. The molecule has 25 heavy (non-hydrogen) atoms. The Labute approximate surface area is 148 Å². The first-order valence-electron chi connectivity index (χ1n) is 9.15. The molecule has 128 valence electrons. The summed E-state index contributed by atoms with van der Waals surface area (Å²) in [6.45, 7) is 0.777. The summed E-state index contributed by atoms with van der Waals surface area (Å²) >= 11 is 0. The molecule has 5 rings (SSSR count). The van der Waals surface area contributed by atoms with Crippen molar-refractivity contribution >= 4 is 0 Å². The molecular weight excluding hydrogens is 310 g/mol. The van der Waals surface area contributed by atoms with Gasteiger partial charge in [0.25, 0.3) is 0 Å². The molecular formula is C21H23N3O. The number of benzene rings is 1. The Balaban J connectivity index is 1.33. The number of hydrogen-bond acceptors (Lipinski definition) is 4. The predicted octanol–water partition coefficient (Wildman–Crippen LogP) is 3.22. The molecule has 1 saturated heterocycles. The average molecular weight is 333 g/mol. The summed E-state index contributed by atoms with van der Waals surface area (Å²) in [4.78, 5) is 0. The van der Waals surface area contributed by atoms with Gasteiger partial charge >= 0.3 is 0 Å². The van der Waals surface area contributed by atoms with Crippen molar-refractivity contribution in [2.75, 3.05) is 6.67 Å². The van der Waals surface area contributed by atoms with Crippen LogP contribution in [0, 0.1) is 5.92 Å². The van der Waals surface area contributed by atoms with Crippen LogP contribution in [0.4, 0.5) is 0 Å². The van der Waals surface area contributed by atoms with E-state index in [4.69, 9.17) is 4.74 Å². The molecule has 1 aromatic rings. The third kappa shape index (κ3) is 2.76. The fourth-order valence-electron chi connectivity index (χ4n) is 4.12. The molecule has 1 fully saturated rings. The first-order valence-corrected chi connectivity index (χ1v) is 9.15. The van der Waals surface area contributed by atoms with E-state index in [1.54, 1.807) is 0 Å². The molecule has 1 aromatic carbocycles. The average Bonchev–Trinajstić information content (AvgIpc) is 3.06. The van der Waals surface area contributed by atoms with E-state index in [1.165, 1.54) is 22.5 Å². The van der Waals surface area contributed by atoms with E-state index in [0.29, 0.717) is 5.92 Å². The van der Waals surface area contributed by atoms with Gasteiger partial charge in [0.2, 0.25) is 0 Å². The van der Waals surface area contributed by atoms with Gasteiger partial charge in [0, 0.05) is 24.6 Å². The van der Waals surface area contributed by atoms with Crippen molar-refractivity contribution in [1.29, 1.82) is 0 Å². The van der Waals surface area contributed by atoms with Crippen molar-refractivity contribution in [2.24, 2.45) is 5.92 Å². The van der Waals surface area contributed by atoms with Gasteiger partial charge in [0.1, 0.15) is 11.5 Å². The van der Waals surface area contributed by atoms with Gasteiger partial charge in [0.05, 0.1) is 12.3 Å². The van der Waals surface area contributed by atoms with Crippen molar-refractivity contribution in [3.8, 4) is 0 Å². The van der Waals surface area contributed by atoms with Crippen molar-refractivity contribution in [3.05, 3.63) is 82.9 Å². The highest BCUT2D eigenvalue weighted by molar-refractivity contribution is 5.45. The molecule has 3 unspecified atom stereocenters. The highest BCUT2D eigenvalue weighted by atomic mass is 16.5. The van der Waals surface area contributed by atoms with Crippen LogP contribution in [0.1, 0.15) is 31.0 Å². The molecule has 0 aromatic heterocycles. The Morgan fingerprint density at radius 2 is 1.92 bits per heavy atom. The minimum Gasteiger partial charge on any atom is -0.465 e. The zero-order valence-corrected chi connectivity index (χ0v) is 14.2. The Morgan fingerprint density at radius 1 is 1.04 bits per heavy atom. The van der Waals surface area contributed by atoms with Crippen molar-refractivity contribution in [2.45, 2.75) is 31.6 Å². The largest absolute Gasteiger partial charge is 0.465 e. The summed E-state index contributed by atoms with van der Waals surface area (Å²) < 4.78 is 6.18. The molecule has 3 atom stereocenters. The standard InChI is InChI=1S/C21H23N3O/c1-2-6-14(7-3-1)20-22-13-23-21(24-20)15-10-11-17-16-8-4-5-9-18(16)25-19(17)12-15/h1-4,6-8,10,12,17,20-24H,5,9,11,13H2. The summed E-state index contributed by atoms with van der Waals surface area (Å²) in [5.41, 5.74) is 3.93. The molecule has 0 bridgehead atoms. The molecule has 2 aliphatic heterocycles. The van der Waals surface area contributed by atoms with E-state index in [9.17, 15) is 0 Å². The summed E-state index contributed by atoms with van der Waals surface area (Å²) in [6.07, 6.45) is 12.6. The Hall–Kier alpha value is -2.14. The maximum Gasteiger partial charge on any atom is 0.112 e. The number of allylic oxidation sites excluding steroid dienone is 5. The van der Waals surface area contributed by atoms with Crippen LogP contribution in [0.2, 0.25) is 0 Å². The molecule has 4 heteroatoms. The van der Waals surface area contributed by atoms with E-state index in [1.807, 2.05) is 0 Å². The number of nitrogens with one attached hydrogen (secondary N) is 3. The lowest BCUT2D eigenvalue weighted by atomic mass is 9.86. The Kier molecular flexibility index (Phi) is 3.82. The van der Waals surface area contributed by atoms with Gasteiger partial charge in [-0.25, -0.2) is 0 Å². The van der Waals surface area contributed by atoms with Crippen molar-refractivity contribution < 1.29 is 4.74 Å². The van der Waals surface area contributed by atoms with Gasteiger partial charge in [-0.3, -0.25) is 16.0 Å². The lowest BCUT2D eigenvalue weighted by Crippen LogP contribution is -2.58. The molecule has 0 radical (unpaired) electrons. The van der Waals surface area contributed by atoms with E-state index >= 15 is 0 Å². The fourth-order valence-corrected chi connectivity index (χ4v) is 4.12. The zero-order chi connectivity index (χ0) is 16.6. The monoisotopic (exact) mass is 333 g/mol. The maximum atomic E-state index is 6.18. The van der Waals surface area contributed by atoms with Gasteiger partial charge in [-0.15, -0.1) is 0 Å². The molecule has 0 saturated carbocycles. The SMILES string of the molecule is C1=CC2=C(CC1)OC1=CC(C3NCNC(c4ccccc4)N3)=CCC12. The number of fused-ring (bicyclic) bond motifs is 2. The van der Waals surface area contributed by atoms with Crippen LogP contribution in [-0.2, 0) is 4.74 Å². The first kappa shape index (κ1) is 15.1. The summed E-state index contributed by atoms with van der Waals surface area (Å²) in [5, 5.41) is 10.6. The second-order valence-electron chi connectivity index (χ2n) is 6.99. The van der Waals surface area contributed by atoms with Crippen LogP contribution >= 0.6 is 0 Å². The van der Waals surface area contributed by atoms with Gasteiger partial charge in [0.15, 0.2) is 0 Å². The fraction of sp³-hybridized carbons (Fsp3) is 0.333. The normalized spacial score (nSPS) is 31.0. The van der Waals surface area contributed by atoms with Crippen LogP contribution in [0.3, 0.4) is 0 Å². The van der Waals surface area contributed by atoms with E-state index < -0.39 is 0 Å². The number of ether oxygens (including phenoxy) is 1. The van der Waals surface area contributed by atoms with Crippen LogP contribution in [-0.4, -0.2) is 12.8 Å². The first-order chi connectivity index (χ1) is 12.4. The topological polar surface area (TPSA) is 45.3 Å². The second kappa shape index (κ2) is 6.30. The molecule has 4 aliphatic rings. The highest BCUT2D eigenvalue weighted by Crippen LogP contribution is 2.44. The van der Waals surface area contributed by atoms with Crippen LogP contribution in [0.15, 0.2) is 77.3 Å². The molecule has 2 aliphatic carbocycles. The smallest absolute Gasteiger partial charge is 0.112 e. The van der Waals surface area contributed by atoms with E-state index in [0.717, 1.165) is 31.7 Å². The van der Waals surface area contributed by atoms with Gasteiger partial charge < -0.3 is 4.74 Å². The predicted molar refractivity (Wildman–Crippen MR) is 98.0 cm³/mol. The van der Waals surface area contributed by atoms with Crippen molar-refractivity contribution in [1.82, 2.24) is 16.0 Å². The summed E-state index contributed by atoms with van der Waals surface area (Å²) in [7, 11) is 0. The maximum absolute atomic E-state index is 6.18. The van der Waals surface area contributed by atoms with Gasteiger partial charge in [-0.05, 0) is 30.1 Å². The second-order valence-corrected chi connectivity index (χ2v) is 6.99. The number of rotatable bonds is 2. The van der Waals surface area contributed by atoms with Crippen LogP contribution < -0.4 is 16.0 Å². The Morgan fingerprint density at radius 3 is 2.84 bits per heavy atom. The minimum atomic E-state index is 0.136. The molecule has 0 spiro atoms. The zero-order valence-electron chi connectivity index (χ0n) is 14.2. The number of hydrogen-bond donors (Lipinski definition) is 3. The third-order valence-corrected chi connectivity index (χ3v) is 5.43. The lowest BCUT2D eigenvalue weighted by molar-refractivity contribution is 0.277. The molecule has 4 nitrogen and oxygen atoms in total. The Bertz CT molecular complexity index is 791. The van der Waals surface area contributed by atoms with Crippen molar-refractivity contribution in [3.63, 3.8) is 0 Å². The summed E-state index contributed by atoms with van der Waals surface area (Å²) in [5.74, 6) is 2.72. The van der Waals surface area contributed by atoms with Gasteiger partial charge in [-0.1, -0.05) is 48.6 Å². The van der Waals surface area contributed by atoms with Crippen LogP contribution in [0.5, 0.6) is 0 Å². The van der Waals surface area contributed by atoms with E-state index in [-0.39, 0.29) is 12.3 Å². The third-order valence-electron chi connectivity index (χ3n) is 5.43. The minimum absolute atomic E-state index is 0.136. The summed E-state index contributed by atoms with van der Waals surface area (Å²) in [6, 6.07) is 10.5. The van der Waals surface area contributed by atoms with Gasteiger partial charge in [-0.2, -0.15) is 0 Å². The molecule has 3 N–H and O–H groups in total.